The number of fused-ring (bicyclic) bond motifs is 1. The number of aliphatic hydroxyl groups excluding tert-OH is 1. The lowest BCUT2D eigenvalue weighted by Crippen LogP contribution is -2.38. The van der Waals surface area contributed by atoms with E-state index in [2.05, 4.69) is 4.98 Å². The molecule has 23 heavy (non-hydrogen) atoms. The molecule has 124 valence electrons. The third kappa shape index (κ3) is 3.08. The number of aliphatic hydroxyl groups is 1. The Labute approximate surface area is 134 Å². The summed E-state index contributed by atoms with van der Waals surface area (Å²) in [5, 5.41) is 9.96. The van der Waals surface area contributed by atoms with Crippen molar-refractivity contribution in [3.8, 4) is 0 Å². The number of hydrogen-bond donors (Lipinski definition) is 1. The molecule has 3 heterocycles. The fraction of sp³-hybridized carbons (Fsp3) is 0.529. The third-order valence-corrected chi connectivity index (χ3v) is 4.34. The molecule has 0 aliphatic carbocycles. The number of hydrogen-bond acceptors (Lipinski definition) is 3. The molecule has 1 aliphatic rings. The summed E-state index contributed by atoms with van der Waals surface area (Å²) in [6.07, 6.45) is 2.33. The van der Waals surface area contributed by atoms with Crippen LogP contribution < -0.4 is 0 Å². The van der Waals surface area contributed by atoms with Crippen molar-refractivity contribution in [1.82, 2.24) is 14.3 Å². The van der Waals surface area contributed by atoms with Gasteiger partial charge in [0, 0.05) is 19.3 Å². The van der Waals surface area contributed by atoms with Gasteiger partial charge in [-0.25, -0.2) is 4.98 Å². The molecule has 2 aromatic heterocycles. The highest BCUT2D eigenvalue weighted by molar-refractivity contribution is 5.93. The third-order valence-electron chi connectivity index (χ3n) is 4.34. The monoisotopic (exact) mass is 319 g/mol. The highest BCUT2D eigenvalue weighted by Gasteiger charge is 2.33. The molecule has 1 aliphatic heterocycles. The van der Waals surface area contributed by atoms with Crippen LogP contribution in [0, 0.1) is 18.3 Å². The van der Waals surface area contributed by atoms with Crippen molar-refractivity contribution < 1.29 is 14.3 Å². The van der Waals surface area contributed by atoms with E-state index in [1.54, 1.807) is 17.2 Å². The molecular formula is C17H22FN3O2. The van der Waals surface area contributed by atoms with Gasteiger partial charge in [0.25, 0.3) is 5.91 Å². The van der Waals surface area contributed by atoms with Gasteiger partial charge in [0.1, 0.15) is 5.65 Å². The Kier molecular flexibility index (Phi) is 3.88. The smallest absolute Gasteiger partial charge is 0.277 e. The molecule has 6 heteroatoms. The summed E-state index contributed by atoms with van der Waals surface area (Å²) in [5.41, 5.74) is 0.956. The fourth-order valence-corrected chi connectivity index (χ4v) is 3.29. The van der Waals surface area contributed by atoms with Gasteiger partial charge in [-0.2, -0.15) is 4.39 Å². The average molecular weight is 319 g/mol. The number of imidazole rings is 1. The molecular weight excluding hydrogens is 297 g/mol. The Morgan fingerprint density at radius 2 is 2.17 bits per heavy atom. The fourth-order valence-electron chi connectivity index (χ4n) is 3.29. The second-order valence-corrected chi connectivity index (χ2v) is 7.22. The first-order chi connectivity index (χ1) is 10.8. The number of likely N-dealkylation sites (tertiary alicyclic amines) is 1. The molecule has 2 aromatic rings. The molecule has 1 unspecified atom stereocenters. The molecule has 0 bridgehead atoms. The standard InChI is InChI=1S/C17H22FN3O2/c1-11-4-5-13-19-14(15(18)21(13)9-11)16(23)20-7-6-12(22)8-17(2,3)10-20/h4-5,9,12,22H,6-8,10H2,1-3H3. The van der Waals surface area contributed by atoms with Crippen molar-refractivity contribution in [1.29, 1.82) is 0 Å². The Hall–Kier alpha value is -1.95. The quantitative estimate of drug-likeness (QED) is 0.878. The van der Waals surface area contributed by atoms with E-state index < -0.39 is 18.0 Å². The Balaban J connectivity index is 1.95. The number of amides is 1. The van der Waals surface area contributed by atoms with E-state index in [9.17, 15) is 14.3 Å². The predicted octanol–water partition coefficient (Wildman–Crippen LogP) is 2.40. The molecule has 1 atom stereocenters. The molecule has 0 radical (unpaired) electrons. The maximum absolute atomic E-state index is 14.6. The zero-order valence-corrected chi connectivity index (χ0v) is 13.7. The Morgan fingerprint density at radius 3 is 2.91 bits per heavy atom. The van der Waals surface area contributed by atoms with Crippen molar-refractivity contribution >= 4 is 11.6 Å². The highest BCUT2D eigenvalue weighted by Crippen LogP contribution is 2.29. The minimum Gasteiger partial charge on any atom is -0.393 e. The first-order valence-corrected chi connectivity index (χ1v) is 7.88. The van der Waals surface area contributed by atoms with Crippen LogP contribution in [0.25, 0.3) is 5.65 Å². The molecule has 0 aromatic carbocycles. The summed E-state index contributed by atoms with van der Waals surface area (Å²) < 4.78 is 15.9. The lowest BCUT2D eigenvalue weighted by atomic mass is 9.87. The van der Waals surface area contributed by atoms with Gasteiger partial charge in [-0.3, -0.25) is 9.20 Å². The number of pyridine rings is 1. The first-order valence-electron chi connectivity index (χ1n) is 7.88. The number of carbonyl (C=O) groups is 1. The van der Waals surface area contributed by atoms with E-state index in [1.807, 2.05) is 26.8 Å². The number of nitrogens with zero attached hydrogens (tertiary/aromatic N) is 3. The van der Waals surface area contributed by atoms with Gasteiger partial charge in [0.05, 0.1) is 6.10 Å². The van der Waals surface area contributed by atoms with Crippen LogP contribution >= 0.6 is 0 Å². The van der Waals surface area contributed by atoms with Crippen LogP contribution in [0.15, 0.2) is 18.3 Å². The van der Waals surface area contributed by atoms with Crippen LogP contribution in [0.2, 0.25) is 0 Å². The second-order valence-electron chi connectivity index (χ2n) is 7.22. The van der Waals surface area contributed by atoms with E-state index >= 15 is 0 Å². The van der Waals surface area contributed by atoms with Crippen molar-refractivity contribution in [3.05, 3.63) is 35.5 Å². The Morgan fingerprint density at radius 1 is 1.43 bits per heavy atom. The van der Waals surface area contributed by atoms with E-state index in [0.717, 1.165) is 5.56 Å². The SMILES string of the molecule is Cc1ccc2nc(C(=O)N3CCC(O)CC(C)(C)C3)c(F)n2c1. The molecule has 3 rings (SSSR count). The minimum atomic E-state index is -0.628. The first kappa shape index (κ1) is 15.9. The lowest BCUT2D eigenvalue weighted by Gasteiger charge is -2.29. The summed E-state index contributed by atoms with van der Waals surface area (Å²) >= 11 is 0. The topological polar surface area (TPSA) is 57.8 Å². The summed E-state index contributed by atoms with van der Waals surface area (Å²) in [6, 6.07) is 3.53. The van der Waals surface area contributed by atoms with Crippen LogP contribution in [-0.2, 0) is 0 Å². The van der Waals surface area contributed by atoms with Crippen LogP contribution in [0.5, 0.6) is 0 Å². The molecule has 1 amide bonds. The van der Waals surface area contributed by atoms with Gasteiger partial charge in [-0.15, -0.1) is 0 Å². The van der Waals surface area contributed by atoms with Gasteiger partial charge in [-0.05, 0) is 36.8 Å². The maximum atomic E-state index is 14.6. The summed E-state index contributed by atoms with van der Waals surface area (Å²) in [5.74, 6) is -1.04. The highest BCUT2D eigenvalue weighted by atomic mass is 19.1. The van der Waals surface area contributed by atoms with Crippen LogP contribution in [-0.4, -0.2) is 44.5 Å². The maximum Gasteiger partial charge on any atom is 0.277 e. The average Bonchev–Trinajstić information content (AvgIpc) is 2.70. The Bertz CT molecular complexity index is 754. The van der Waals surface area contributed by atoms with Crippen molar-refractivity contribution in [2.24, 2.45) is 5.41 Å². The van der Waals surface area contributed by atoms with Gasteiger partial charge in [0.15, 0.2) is 5.69 Å². The number of aryl methyl sites for hydroxylation is 1. The summed E-state index contributed by atoms with van der Waals surface area (Å²) in [4.78, 5) is 18.5. The van der Waals surface area contributed by atoms with Gasteiger partial charge >= 0.3 is 0 Å². The zero-order valence-electron chi connectivity index (χ0n) is 13.7. The molecule has 0 spiro atoms. The van der Waals surface area contributed by atoms with Crippen molar-refractivity contribution in [2.45, 2.75) is 39.7 Å². The van der Waals surface area contributed by atoms with Crippen LogP contribution in [0.4, 0.5) is 4.39 Å². The van der Waals surface area contributed by atoms with Crippen LogP contribution in [0.3, 0.4) is 0 Å². The molecule has 1 saturated heterocycles. The number of carbonyl (C=O) groups excluding carboxylic acids is 1. The molecule has 1 fully saturated rings. The van der Waals surface area contributed by atoms with Crippen molar-refractivity contribution in [3.63, 3.8) is 0 Å². The van der Waals surface area contributed by atoms with Gasteiger partial charge in [-0.1, -0.05) is 19.9 Å². The largest absolute Gasteiger partial charge is 0.393 e. The van der Waals surface area contributed by atoms with E-state index in [1.165, 1.54) is 4.40 Å². The second kappa shape index (κ2) is 5.60. The number of rotatable bonds is 1. The minimum absolute atomic E-state index is 0.150. The predicted molar refractivity (Wildman–Crippen MR) is 84.8 cm³/mol. The number of halogens is 1. The van der Waals surface area contributed by atoms with E-state index in [0.29, 0.717) is 31.6 Å². The van der Waals surface area contributed by atoms with Crippen LogP contribution in [0.1, 0.15) is 42.7 Å². The summed E-state index contributed by atoms with van der Waals surface area (Å²) in [6.45, 7) is 6.76. The van der Waals surface area contributed by atoms with Crippen molar-refractivity contribution in [2.75, 3.05) is 13.1 Å². The van der Waals surface area contributed by atoms with E-state index in [4.69, 9.17) is 0 Å². The molecule has 0 saturated carbocycles. The van der Waals surface area contributed by atoms with Gasteiger partial charge < -0.3 is 10.0 Å². The molecule has 5 nitrogen and oxygen atoms in total. The number of aromatic nitrogens is 2. The zero-order chi connectivity index (χ0) is 16.8. The van der Waals surface area contributed by atoms with Gasteiger partial charge in [0.2, 0.25) is 5.95 Å². The lowest BCUT2D eigenvalue weighted by molar-refractivity contribution is 0.0694. The normalized spacial score (nSPS) is 21.4. The molecule has 1 N–H and O–H groups in total. The summed E-state index contributed by atoms with van der Waals surface area (Å²) in [7, 11) is 0. The van der Waals surface area contributed by atoms with E-state index in [-0.39, 0.29) is 11.1 Å².